The van der Waals surface area contributed by atoms with E-state index in [9.17, 15) is 24.6 Å². The van der Waals surface area contributed by atoms with Crippen molar-refractivity contribution in [1.29, 1.82) is 0 Å². The van der Waals surface area contributed by atoms with E-state index in [2.05, 4.69) is 32.9 Å². The molecule has 3 aliphatic rings. The molecule has 5 rings (SSSR count). The molecule has 3 heterocycles. The van der Waals surface area contributed by atoms with Gasteiger partial charge in [0.05, 0.1) is 18.3 Å². The number of benzene rings is 2. The van der Waals surface area contributed by atoms with Gasteiger partial charge in [-0.3, -0.25) is 14.4 Å². The van der Waals surface area contributed by atoms with Crippen molar-refractivity contribution in [2.45, 2.75) is 104 Å². The molecular formula is C41H53N3O5. The van der Waals surface area contributed by atoms with Crippen molar-refractivity contribution >= 4 is 29.1 Å². The van der Waals surface area contributed by atoms with E-state index in [1.165, 1.54) is 5.57 Å². The van der Waals surface area contributed by atoms with Crippen molar-refractivity contribution in [3.05, 3.63) is 94.6 Å². The lowest BCUT2D eigenvalue weighted by Crippen LogP contribution is -2.46. The maximum atomic E-state index is 14.3. The number of fused-ring (bicyclic) bond motifs is 2. The molecule has 2 N–H and O–H groups in total. The van der Waals surface area contributed by atoms with Gasteiger partial charge in [-0.05, 0) is 82.2 Å². The molecule has 3 amide bonds. The van der Waals surface area contributed by atoms with Crippen LogP contribution in [0.4, 0.5) is 11.4 Å². The summed E-state index contributed by atoms with van der Waals surface area (Å²) < 4.78 is 0. The van der Waals surface area contributed by atoms with Crippen LogP contribution in [-0.2, 0) is 33.0 Å². The summed E-state index contributed by atoms with van der Waals surface area (Å²) in [5, 5.41) is 22.5. The molecule has 1 saturated heterocycles. The number of aliphatic hydroxyl groups excluding tert-OH is 1. The van der Waals surface area contributed by atoms with Gasteiger partial charge in [-0.25, -0.2) is 0 Å². The molecule has 0 unspecified atom stereocenters. The number of hydrogen-bond donors (Lipinski definition) is 2. The Morgan fingerprint density at radius 2 is 1.78 bits per heavy atom. The molecule has 2 aromatic rings. The van der Waals surface area contributed by atoms with Crippen LogP contribution in [0.25, 0.3) is 0 Å². The highest BCUT2D eigenvalue weighted by Gasteiger charge is 2.52. The van der Waals surface area contributed by atoms with Crippen LogP contribution in [0.5, 0.6) is 0 Å². The minimum absolute atomic E-state index is 0.0623. The van der Waals surface area contributed by atoms with E-state index in [1.54, 1.807) is 33.8 Å². The number of amides is 3. The quantitative estimate of drug-likeness (QED) is 0.259. The monoisotopic (exact) mass is 667 g/mol. The fourth-order valence-electron chi connectivity index (χ4n) is 7.33. The molecule has 2 aromatic carbocycles. The lowest BCUT2D eigenvalue weighted by Gasteiger charge is -2.36. The molecule has 8 heteroatoms. The van der Waals surface area contributed by atoms with Gasteiger partial charge in [0.25, 0.3) is 5.91 Å². The van der Waals surface area contributed by atoms with Crippen LogP contribution < -0.4 is 9.80 Å². The van der Waals surface area contributed by atoms with Crippen molar-refractivity contribution in [2.75, 3.05) is 29.5 Å². The van der Waals surface area contributed by atoms with Gasteiger partial charge in [0, 0.05) is 49.6 Å². The predicted octanol–water partition coefficient (Wildman–Crippen LogP) is 6.74. The van der Waals surface area contributed by atoms with E-state index in [4.69, 9.17) is 0 Å². The van der Waals surface area contributed by atoms with Gasteiger partial charge < -0.3 is 24.9 Å². The first-order valence-corrected chi connectivity index (χ1v) is 18.0. The highest BCUT2D eigenvalue weighted by atomic mass is 16.3. The van der Waals surface area contributed by atoms with Crippen LogP contribution in [0, 0.1) is 5.92 Å². The lowest BCUT2D eigenvalue weighted by molar-refractivity contribution is -0.139. The minimum Gasteiger partial charge on any atom is -0.394 e. The third-order valence-electron chi connectivity index (χ3n) is 10.4. The number of nitrogens with zero attached hydrogens (tertiary/aromatic N) is 3. The zero-order chi connectivity index (χ0) is 35.1. The molecular weight excluding hydrogens is 614 g/mol. The van der Waals surface area contributed by atoms with E-state index in [0.717, 1.165) is 55.2 Å². The van der Waals surface area contributed by atoms with Gasteiger partial charge >= 0.3 is 0 Å². The van der Waals surface area contributed by atoms with Crippen LogP contribution in [0.3, 0.4) is 0 Å². The zero-order valence-corrected chi connectivity index (χ0v) is 29.7. The maximum absolute atomic E-state index is 14.3. The Kier molecular flexibility index (Phi) is 11.9. The predicted molar refractivity (Wildman–Crippen MR) is 195 cm³/mol. The second-order valence-corrected chi connectivity index (χ2v) is 14.2. The van der Waals surface area contributed by atoms with Crippen molar-refractivity contribution in [3.63, 3.8) is 0 Å². The number of aliphatic hydroxyl groups is 2. The molecule has 0 spiro atoms. The first kappa shape index (κ1) is 36.3. The normalized spacial score (nSPS) is 22.1. The SMILES string of the molecule is CC(C)=CCC/C(C)=C/CN1C(=O)[C@](O)([C@H](C)/C=C/CC(=O)N2Cc3ccccc3C[C@H]2CO)c2cc(N3CCCCCCC3=O)ccc21. The molecule has 8 nitrogen and oxygen atoms in total. The third-order valence-corrected chi connectivity index (χ3v) is 10.4. The summed E-state index contributed by atoms with van der Waals surface area (Å²) in [4.78, 5) is 46.0. The highest BCUT2D eigenvalue weighted by Crippen LogP contribution is 2.47. The van der Waals surface area contributed by atoms with Crippen LogP contribution in [0.1, 0.15) is 95.8 Å². The van der Waals surface area contributed by atoms with Gasteiger partial charge in [0.2, 0.25) is 11.8 Å². The van der Waals surface area contributed by atoms with E-state index >= 15 is 0 Å². The van der Waals surface area contributed by atoms with Crippen LogP contribution in [0.15, 0.2) is 77.9 Å². The second kappa shape index (κ2) is 16.1. The number of carbonyl (C=O) groups excluding carboxylic acids is 3. The highest BCUT2D eigenvalue weighted by molar-refractivity contribution is 6.08. The largest absolute Gasteiger partial charge is 0.394 e. The van der Waals surface area contributed by atoms with E-state index in [1.807, 2.05) is 42.5 Å². The van der Waals surface area contributed by atoms with Crippen molar-refractivity contribution in [1.82, 2.24) is 4.90 Å². The van der Waals surface area contributed by atoms with E-state index < -0.39 is 17.4 Å². The van der Waals surface area contributed by atoms with Gasteiger partial charge in [-0.2, -0.15) is 0 Å². The fraction of sp³-hybridized carbons (Fsp3) is 0.488. The molecule has 0 aliphatic carbocycles. The Morgan fingerprint density at radius 3 is 2.53 bits per heavy atom. The minimum atomic E-state index is -1.88. The molecule has 3 aliphatic heterocycles. The van der Waals surface area contributed by atoms with Crippen molar-refractivity contribution in [3.8, 4) is 0 Å². The average Bonchev–Trinajstić information content (AvgIpc) is 3.30. The van der Waals surface area contributed by atoms with Crippen LogP contribution in [0.2, 0.25) is 0 Å². The smallest absolute Gasteiger partial charge is 0.264 e. The Bertz CT molecular complexity index is 1620. The molecule has 1 fully saturated rings. The summed E-state index contributed by atoms with van der Waals surface area (Å²) in [7, 11) is 0. The fourth-order valence-corrected chi connectivity index (χ4v) is 7.33. The molecule has 0 bridgehead atoms. The molecule has 0 aromatic heterocycles. The number of anilines is 2. The summed E-state index contributed by atoms with van der Waals surface area (Å²) in [5.74, 6) is -1.13. The topological polar surface area (TPSA) is 101 Å². The first-order chi connectivity index (χ1) is 23.5. The second-order valence-electron chi connectivity index (χ2n) is 14.2. The standard InChI is InChI=1S/C41H53N3O5/c1-29(2)13-11-14-30(3)22-24-43-37-21-20-34(42-23-10-6-5-7-18-38(42)46)26-36(37)41(49,40(43)48)31(4)15-12-19-39(47)44-27-33-17-9-8-16-32(33)25-35(44)28-45/h8-9,12-13,15-17,20-22,26,31,35,45,49H,5-7,10-11,14,18-19,23-25,27-28H2,1-4H3/b15-12+,30-22+/t31-,35+,41+/m1/s1. The molecule has 3 atom stereocenters. The molecule has 262 valence electrons. The van der Waals surface area contributed by atoms with Crippen LogP contribution >= 0.6 is 0 Å². The van der Waals surface area contributed by atoms with E-state index in [0.29, 0.717) is 49.4 Å². The average molecular weight is 668 g/mol. The summed E-state index contributed by atoms with van der Waals surface area (Å²) in [6.07, 6.45) is 14.6. The number of carbonyl (C=O) groups is 3. The van der Waals surface area contributed by atoms with Crippen LogP contribution in [-0.4, -0.2) is 58.6 Å². The summed E-state index contributed by atoms with van der Waals surface area (Å²) in [5.41, 5.74) is 4.60. The van der Waals surface area contributed by atoms with Gasteiger partial charge in [0.1, 0.15) is 0 Å². The van der Waals surface area contributed by atoms with E-state index in [-0.39, 0.29) is 30.9 Å². The summed E-state index contributed by atoms with van der Waals surface area (Å²) in [6, 6.07) is 13.3. The Balaban J connectivity index is 1.40. The van der Waals surface area contributed by atoms with Crippen molar-refractivity contribution in [2.24, 2.45) is 5.92 Å². The summed E-state index contributed by atoms with van der Waals surface area (Å²) in [6.45, 7) is 9.28. The Labute approximate surface area is 291 Å². The maximum Gasteiger partial charge on any atom is 0.264 e. The number of allylic oxidation sites excluding steroid dienone is 3. The Hall–Kier alpha value is -4.01. The van der Waals surface area contributed by atoms with Gasteiger partial charge in [-0.1, -0.05) is 79.5 Å². The van der Waals surface area contributed by atoms with Gasteiger partial charge in [0.15, 0.2) is 5.60 Å². The zero-order valence-electron chi connectivity index (χ0n) is 29.7. The van der Waals surface area contributed by atoms with Crippen molar-refractivity contribution < 1.29 is 24.6 Å². The number of hydrogen-bond acceptors (Lipinski definition) is 5. The first-order valence-electron chi connectivity index (χ1n) is 18.0. The van der Waals surface area contributed by atoms with Gasteiger partial charge in [-0.15, -0.1) is 0 Å². The Morgan fingerprint density at radius 1 is 1.02 bits per heavy atom. The third kappa shape index (κ3) is 8.08. The summed E-state index contributed by atoms with van der Waals surface area (Å²) >= 11 is 0. The lowest BCUT2D eigenvalue weighted by atomic mass is 9.82. The molecule has 49 heavy (non-hydrogen) atoms. The molecule has 0 saturated carbocycles. The molecule has 0 radical (unpaired) electrons. The number of rotatable bonds is 11.